The van der Waals surface area contributed by atoms with E-state index in [-0.39, 0.29) is 25.2 Å². The molecule has 0 fully saturated rings. The van der Waals surface area contributed by atoms with Crippen LogP contribution in [0.5, 0.6) is 0 Å². The first-order valence-electron chi connectivity index (χ1n) is 27.4. The van der Waals surface area contributed by atoms with Gasteiger partial charge in [-0.2, -0.15) is 0 Å². The van der Waals surface area contributed by atoms with Crippen LogP contribution in [-0.4, -0.2) is 36.4 Å². The van der Waals surface area contributed by atoms with E-state index < -0.39 is 6.10 Å². The number of aliphatic hydroxyl groups excluding tert-OH is 1. The Hall–Kier alpha value is -4.22. The van der Waals surface area contributed by atoms with Gasteiger partial charge < -0.3 is 14.6 Å². The highest BCUT2D eigenvalue weighted by Crippen LogP contribution is 2.15. The molecule has 0 radical (unpaired) electrons. The predicted molar refractivity (Wildman–Crippen MR) is 297 cm³/mol. The maximum Gasteiger partial charge on any atom is 0.306 e. The van der Waals surface area contributed by atoms with Gasteiger partial charge in [-0.05, 0) is 109 Å². The molecule has 0 heterocycles. The molecule has 0 aliphatic rings. The molecule has 382 valence electrons. The number of carbonyl (C=O) groups excluding carboxylic acids is 2. The van der Waals surface area contributed by atoms with Crippen LogP contribution in [0.2, 0.25) is 0 Å². The summed E-state index contributed by atoms with van der Waals surface area (Å²) in [7, 11) is 0. The Balaban J connectivity index is 3.57. The molecule has 0 aromatic rings. The Morgan fingerprint density at radius 2 is 0.603 bits per heavy atom. The van der Waals surface area contributed by atoms with Crippen molar-refractivity contribution in [1.82, 2.24) is 0 Å². The van der Waals surface area contributed by atoms with E-state index in [9.17, 15) is 14.7 Å². The number of hydrogen-bond donors (Lipinski definition) is 1. The Kier molecular flexibility index (Phi) is 53.6. The second-order valence-electron chi connectivity index (χ2n) is 17.5. The molecule has 0 saturated carbocycles. The van der Waals surface area contributed by atoms with Gasteiger partial charge in [0.1, 0.15) is 6.61 Å². The van der Waals surface area contributed by atoms with E-state index in [1.165, 1.54) is 83.5 Å². The maximum atomic E-state index is 12.3. The van der Waals surface area contributed by atoms with Crippen LogP contribution >= 0.6 is 0 Å². The van der Waals surface area contributed by atoms with Crippen LogP contribution in [0, 0.1) is 0 Å². The number of unbranched alkanes of at least 4 members (excludes halogenated alkanes) is 16. The molecule has 1 unspecified atom stereocenters. The SMILES string of the molecule is CC/C=C\C/C=C\C/C=C\C/C=C\C/C=C\C/C=C\C/C=C\CCCCCCCCCCCCCCCCCC(=O)OC(CO)COC(=O)CCC/C=C\C/C=C\C/C=C\C/C=C\C/C=C\CC. The normalized spacial score (nSPS) is 13.4. The number of aliphatic hydroxyl groups is 1. The van der Waals surface area contributed by atoms with Crippen molar-refractivity contribution in [3.8, 4) is 0 Å². The van der Waals surface area contributed by atoms with E-state index in [0.717, 1.165) is 103 Å². The second-order valence-corrected chi connectivity index (χ2v) is 17.5. The molecule has 1 atom stereocenters. The topological polar surface area (TPSA) is 72.8 Å². The summed E-state index contributed by atoms with van der Waals surface area (Å²) in [5.41, 5.74) is 0. The van der Waals surface area contributed by atoms with Crippen LogP contribution in [0.25, 0.3) is 0 Å². The number of hydrogen-bond acceptors (Lipinski definition) is 5. The lowest BCUT2D eigenvalue weighted by molar-refractivity contribution is -0.161. The highest BCUT2D eigenvalue weighted by atomic mass is 16.6. The van der Waals surface area contributed by atoms with E-state index in [1.54, 1.807) is 0 Å². The summed E-state index contributed by atoms with van der Waals surface area (Å²) in [6, 6.07) is 0. The molecule has 5 heteroatoms. The first-order valence-corrected chi connectivity index (χ1v) is 27.4. The second kappa shape index (κ2) is 57.1. The minimum atomic E-state index is -0.805. The fourth-order valence-corrected chi connectivity index (χ4v) is 7.10. The molecule has 5 nitrogen and oxygen atoms in total. The van der Waals surface area contributed by atoms with Gasteiger partial charge in [0.05, 0.1) is 6.61 Å². The molecule has 0 aromatic carbocycles. The number of ether oxygens (including phenoxy) is 2. The molecular weight excluding hydrogens is 837 g/mol. The van der Waals surface area contributed by atoms with Crippen molar-refractivity contribution in [3.63, 3.8) is 0 Å². The molecule has 0 aliphatic carbocycles. The largest absolute Gasteiger partial charge is 0.462 e. The lowest BCUT2D eigenvalue weighted by Gasteiger charge is -2.15. The van der Waals surface area contributed by atoms with Gasteiger partial charge in [0.25, 0.3) is 0 Å². The number of carbonyl (C=O) groups is 2. The van der Waals surface area contributed by atoms with Crippen molar-refractivity contribution < 1.29 is 24.2 Å². The quantitative estimate of drug-likeness (QED) is 0.0374. The molecule has 0 aromatic heterocycles. The fraction of sp³-hybridized carbons (Fsp3) is 0.587. The van der Waals surface area contributed by atoms with Gasteiger partial charge in [-0.25, -0.2) is 0 Å². The zero-order valence-electron chi connectivity index (χ0n) is 43.6. The van der Waals surface area contributed by atoms with Crippen molar-refractivity contribution >= 4 is 11.9 Å². The average molecular weight is 937 g/mol. The lowest BCUT2D eigenvalue weighted by atomic mass is 10.0. The molecule has 0 aliphatic heterocycles. The van der Waals surface area contributed by atoms with E-state index >= 15 is 0 Å². The average Bonchev–Trinajstić information content (AvgIpc) is 3.34. The zero-order chi connectivity index (χ0) is 49.2. The van der Waals surface area contributed by atoms with Crippen molar-refractivity contribution in [2.24, 2.45) is 0 Å². The lowest BCUT2D eigenvalue weighted by Crippen LogP contribution is -2.28. The zero-order valence-corrected chi connectivity index (χ0v) is 43.6. The van der Waals surface area contributed by atoms with E-state index in [1.807, 2.05) is 0 Å². The third-order valence-electron chi connectivity index (χ3n) is 11.1. The van der Waals surface area contributed by atoms with E-state index in [2.05, 4.69) is 160 Å². The fourth-order valence-electron chi connectivity index (χ4n) is 7.10. The summed E-state index contributed by atoms with van der Waals surface area (Å²) in [6.45, 7) is 3.85. The Labute approximate surface area is 418 Å². The molecular formula is C63H100O5. The van der Waals surface area contributed by atoms with Gasteiger partial charge in [-0.15, -0.1) is 0 Å². The summed E-state index contributed by atoms with van der Waals surface area (Å²) in [4.78, 5) is 24.4. The van der Waals surface area contributed by atoms with Gasteiger partial charge in [-0.3, -0.25) is 9.59 Å². The first-order chi connectivity index (χ1) is 33.6. The molecule has 0 spiro atoms. The summed E-state index contributed by atoms with van der Waals surface area (Å²) in [5.74, 6) is -0.666. The third-order valence-corrected chi connectivity index (χ3v) is 11.1. The summed E-state index contributed by atoms with van der Waals surface area (Å²) >= 11 is 0. The van der Waals surface area contributed by atoms with Gasteiger partial charge in [0.15, 0.2) is 6.10 Å². The molecule has 0 bridgehead atoms. The van der Waals surface area contributed by atoms with Crippen LogP contribution < -0.4 is 0 Å². The molecule has 68 heavy (non-hydrogen) atoms. The Morgan fingerprint density at radius 1 is 0.338 bits per heavy atom. The summed E-state index contributed by atoms with van der Waals surface area (Å²) in [6.07, 6.45) is 86.8. The minimum absolute atomic E-state index is 0.103. The number of esters is 2. The molecule has 0 rings (SSSR count). The molecule has 0 saturated heterocycles. The Morgan fingerprint density at radius 3 is 0.926 bits per heavy atom. The number of allylic oxidation sites excluding steroid dienone is 24. The van der Waals surface area contributed by atoms with Gasteiger partial charge in [-0.1, -0.05) is 243 Å². The van der Waals surface area contributed by atoms with Gasteiger partial charge in [0.2, 0.25) is 0 Å². The van der Waals surface area contributed by atoms with Crippen LogP contribution in [0.15, 0.2) is 146 Å². The van der Waals surface area contributed by atoms with Crippen LogP contribution in [0.4, 0.5) is 0 Å². The smallest absolute Gasteiger partial charge is 0.306 e. The van der Waals surface area contributed by atoms with Crippen LogP contribution in [0.1, 0.15) is 219 Å². The minimum Gasteiger partial charge on any atom is -0.462 e. The molecule has 1 N–H and O–H groups in total. The predicted octanol–water partition coefficient (Wildman–Crippen LogP) is 18.6. The standard InChI is InChI=1S/C63H100O5/c1-3-5-7-9-11-13-15-17-19-21-22-23-24-25-26-27-28-29-30-31-32-33-34-35-36-37-38-39-40-42-44-46-48-50-52-54-56-58-63(66)68-61(59-64)60-67-62(65)57-55-53-51-49-47-45-43-41-20-18-16-14-12-10-8-6-4-2/h5-8,11-14,17-20,22-23,25-26,28-29,31-32,43,45,49,51,61,64H,3-4,9-10,15-16,21,24,27,30,33-42,44,46-48,50,52-60H2,1-2H3/b7-5-,8-6-,13-11-,14-12-,19-17-,20-18-,23-22-,26-25-,29-28-,32-31-,45-43-,51-49-. The van der Waals surface area contributed by atoms with Crippen LogP contribution in [-0.2, 0) is 19.1 Å². The van der Waals surface area contributed by atoms with Crippen LogP contribution in [0.3, 0.4) is 0 Å². The highest BCUT2D eigenvalue weighted by Gasteiger charge is 2.16. The molecule has 0 amide bonds. The summed E-state index contributed by atoms with van der Waals surface area (Å²) in [5, 5.41) is 9.62. The van der Waals surface area contributed by atoms with Gasteiger partial charge in [0, 0.05) is 12.8 Å². The third kappa shape index (κ3) is 54.4. The summed E-state index contributed by atoms with van der Waals surface area (Å²) < 4.78 is 10.6. The highest BCUT2D eigenvalue weighted by molar-refractivity contribution is 5.70. The van der Waals surface area contributed by atoms with E-state index in [0.29, 0.717) is 19.3 Å². The van der Waals surface area contributed by atoms with Crippen molar-refractivity contribution in [3.05, 3.63) is 146 Å². The van der Waals surface area contributed by atoms with Crippen molar-refractivity contribution in [2.45, 2.75) is 225 Å². The maximum absolute atomic E-state index is 12.3. The van der Waals surface area contributed by atoms with Crippen molar-refractivity contribution in [2.75, 3.05) is 13.2 Å². The number of rotatable bonds is 48. The van der Waals surface area contributed by atoms with Crippen molar-refractivity contribution in [1.29, 1.82) is 0 Å². The van der Waals surface area contributed by atoms with E-state index in [4.69, 9.17) is 9.47 Å². The Bertz CT molecular complexity index is 1480. The van der Waals surface area contributed by atoms with Gasteiger partial charge >= 0.3 is 11.9 Å². The monoisotopic (exact) mass is 937 g/mol. The first kappa shape index (κ1) is 63.8.